The fraction of sp³-hybridized carbons (Fsp3) is 0.500. The Balaban J connectivity index is 2.58. The van der Waals surface area contributed by atoms with Crippen LogP contribution in [-0.2, 0) is 10.8 Å². The third kappa shape index (κ3) is 4.23. The molecule has 0 saturated carbocycles. The van der Waals surface area contributed by atoms with Crippen LogP contribution in [0.1, 0.15) is 18.9 Å². The van der Waals surface area contributed by atoms with Crippen molar-refractivity contribution in [1.29, 1.82) is 0 Å². The van der Waals surface area contributed by atoms with E-state index in [9.17, 15) is 4.21 Å². The Morgan fingerprint density at radius 3 is 2.81 bits per heavy atom. The van der Waals surface area contributed by atoms with Crippen LogP contribution in [0.15, 0.2) is 18.2 Å². The predicted octanol–water partition coefficient (Wildman–Crippen LogP) is 2.15. The molecular formula is C12H20N2OS. The molecule has 1 aromatic carbocycles. The molecular weight excluding hydrogens is 220 g/mol. The summed E-state index contributed by atoms with van der Waals surface area (Å²) in [5.41, 5.74) is 8.74. The lowest BCUT2D eigenvalue weighted by Crippen LogP contribution is -2.18. The molecule has 16 heavy (non-hydrogen) atoms. The summed E-state index contributed by atoms with van der Waals surface area (Å²) in [5.74, 6) is 0.732. The van der Waals surface area contributed by atoms with Gasteiger partial charge in [0.25, 0.3) is 0 Å². The van der Waals surface area contributed by atoms with E-state index in [-0.39, 0.29) is 0 Å². The standard InChI is InChI=1S/C12H20N2OS/c1-9-4-5-11(13)8-12(9)14-10(2)6-7-16(3)15/h4-5,8,10,14H,6-7,13H2,1-3H3. The van der Waals surface area contributed by atoms with Gasteiger partial charge >= 0.3 is 0 Å². The number of rotatable bonds is 5. The Morgan fingerprint density at radius 1 is 1.50 bits per heavy atom. The minimum atomic E-state index is -0.719. The van der Waals surface area contributed by atoms with E-state index in [0.29, 0.717) is 6.04 Å². The Kier molecular flexibility index (Phi) is 4.80. The number of nitrogens with two attached hydrogens (primary N) is 1. The van der Waals surface area contributed by atoms with E-state index in [0.717, 1.165) is 23.5 Å². The number of hydrogen-bond acceptors (Lipinski definition) is 3. The molecule has 2 atom stereocenters. The number of hydrogen-bond donors (Lipinski definition) is 2. The van der Waals surface area contributed by atoms with E-state index in [1.54, 1.807) is 6.26 Å². The summed E-state index contributed by atoms with van der Waals surface area (Å²) in [6.07, 6.45) is 2.63. The monoisotopic (exact) mass is 240 g/mol. The van der Waals surface area contributed by atoms with Gasteiger partial charge in [0.1, 0.15) is 0 Å². The number of aryl methyl sites for hydroxylation is 1. The van der Waals surface area contributed by atoms with Gasteiger partial charge in [0.05, 0.1) is 0 Å². The third-order valence-electron chi connectivity index (χ3n) is 2.50. The molecule has 3 nitrogen and oxygen atoms in total. The molecule has 0 spiro atoms. The highest BCUT2D eigenvalue weighted by molar-refractivity contribution is 7.84. The Hall–Kier alpha value is -1.03. The summed E-state index contributed by atoms with van der Waals surface area (Å²) >= 11 is 0. The average Bonchev–Trinajstić information content (AvgIpc) is 2.20. The molecule has 1 rings (SSSR count). The molecule has 0 aliphatic carbocycles. The molecule has 0 aromatic heterocycles. The van der Waals surface area contributed by atoms with Gasteiger partial charge < -0.3 is 11.1 Å². The van der Waals surface area contributed by atoms with Crippen LogP contribution < -0.4 is 11.1 Å². The molecule has 0 saturated heterocycles. The Morgan fingerprint density at radius 2 is 2.19 bits per heavy atom. The molecule has 90 valence electrons. The minimum Gasteiger partial charge on any atom is -0.399 e. The van der Waals surface area contributed by atoms with E-state index in [4.69, 9.17) is 5.73 Å². The smallest absolute Gasteiger partial charge is 0.0392 e. The summed E-state index contributed by atoms with van der Waals surface area (Å²) in [7, 11) is -0.719. The van der Waals surface area contributed by atoms with E-state index < -0.39 is 10.8 Å². The fourth-order valence-corrected chi connectivity index (χ4v) is 2.16. The zero-order valence-corrected chi connectivity index (χ0v) is 10.9. The van der Waals surface area contributed by atoms with Gasteiger partial charge in [-0.05, 0) is 38.0 Å². The fourth-order valence-electron chi connectivity index (χ4n) is 1.48. The molecule has 0 heterocycles. The van der Waals surface area contributed by atoms with Crippen molar-refractivity contribution in [2.75, 3.05) is 23.1 Å². The second kappa shape index (κ2) is 5.89. The van der Waals surface area contributed by atoms with Crippen molar-refractivity contribution in [3.8, 4) is 0 Å². The summed E-state index contributed by atoms with van der Waals surface area (Å²) in [6.45, 7) is 4.14. The van der Waals surface area contributed by atoms with Gasteiger partial charge in [-0.2, -0.15) is 0 Å². The Labute approximate surface area is 99.9 Å². The van der Waals surface area contributed by atoms with Crippen LogP contribution in [0, 0.1) is 6.92 Å². The van der Waals surface area contributed by atoms with Crippen molar-refractivity contribution in [2.45, 2.75) is 26.3 Å². The quantitative estimate of drug-likeness (QED) is 0.775. The molecule has 0 radical (unpaired) electrons. The molecule has 2 unspecified atom stereocenters. The van der Waals surface area contributed by atoms with E-state index in [1.807, 2.05) is 25.1 Å². The van der Waals surface area contributed by atoms with Gasteiger partial charge in [0.15, 0.2) is 0 Å². The molecule has 0 aliphatic rings. The van der Waals surface area contributed by atoms with Gasteiger partial charge in [-0.15, -0.1) is 0 Å². The largest absolute Gasteiger partial charge is 0.399 e. The normalized spacial score (nSPS) is 14.4. The zero-order chi connectivity index (χ0) is 12.1. The van der Waals surface area contributed by atoms with E-state index in [2.05, 4.69) is 12.2 Å². The SMILES string of the molecule is Cc1ccc(N)cc1NC(C)CCS(C)=O. The number of nitrogens with one attached hydrogen (secondary N) is 1. The highest BCUT2D eigenvalue weighted by Crippen LogP contribution is 2.19. The summed E-state index contributed by atoms with van der Waals surface area (Å²) < 4.78 is 11.0. The first kappa shape index (κ1) is 13.0. The first-order valence-electron chi connectivity index (χ1n) is 5.41. The highest BCUT2D eigenvalue weighted by atomic mass is 32.2. The van der Waals surface area contributed by atoms with Crippen molar-refractivity contribution < 1.29 is 4.21 Å². The average molecular weight is 240 g/mol. The number of anilines is 2. The first-order valence-corrected chi connectivity index (χ1v) is 7.14. The lowest BCUT2D eigenvalue weighted by atomic mass is 10.1. The molecule has 0 amide bonds. The van der Waals surface area contributed by atoms with Crippen molar-refractivity contribution in [2.24, 2.45) is 0 Å². The molecule has 0 aliphatic heterocycles. The molecule has 4 heteroatoms. The van der Waals surface area contributed by atoms with Crippen LogP contribution in [-0.4, -0.2) is 22.3 Å². The van der Waals surface area contributed by atoms with Crippen LogP contribution in [0.25, 0.3) is 0 Å². The van der Waals surface area contributed by atoms with Crippen LogP contribution in [0.2, 0.25) is 0 Å². The van der Waals surface area contributed by atoms with Crippen LogP contribution in [0.4, 0.5) is 11.4 Å². The van der Waals surface area contributed by atoms with Crippen LogP contribution in [0.3, 0.4) is 0 Å². The number of benzene rings is 1. The minimum absolute atomic E-state index is 0.310. The first-order chi connectivity index (χ1) is 7.49. The second-order valence-electron chi connectivity index (χ2n) is 4.19. The zero-order valence-electron chi connectivity index (χ0n) is 10.1. The number of nitrogen functional groups attached to an aromatic ring is 1. The van der Waals surface area contributed by atoms with Gasteiger partial charge in [-0.3, -0.25) is 4.21 Å². The summed E-state index contributed by atoms with van der Waals surface area (Å²) in [6, 6.07) is 6.15. The molecule has 0 fully saturated rings. The van der Waals surface area contributed by atoms with Gasteiger partial charge in [-0.1, -0.05) is 6.07 Å². The van der Waals surface area contributed by atoms with Crippen molar-refractivity contribution in [3.05, 3.63) is 23.8 Å². The third-order valence-corrected chi connectivity index (χ3v) is 3.31. The maximum Gasteiger partial charge on any atom is 0.0392 e. The van der Waals surface area contributed by atoms with E-state index >= 15 is 0 Å². The molecule has 1 aromatic rings. The van der Waals surface area contributed by atoms with E-state index in [1.165, 1.54) is 5.56 Å². The van der Waals surface area contributed by atoms with Crippen molar-refractivity contribution in [3.63, 3.8) is 0 Å². The van der Waals surface area contributed by atoms with Gasteiger partial charge in [-0.25, -0.2) is 0 Å². The van der Waals surface area contributed by atoms with Gasteiger partial charge in [0.2, 0.25) is 0 Å². The Bertz CT molecular complexity index is 379. The summed E-state index contributed by atoms with van der Waals surface area (Å²) in [5, 5.41) is 3.39. The van der Waals surface area contributed by atoms with Crippen LogP contribution >= 0.6 is 0 Å². The predicted molar refractivity (Wildman–Crippen MR) is 72.2 cm³/mol. The maximum absolute atomic E-state index is 11.0. The second-order valence-corrected chi connectivity index (χ2v) is 5.74. The van der Waals surface area contributed by atoms with Crippen molar-refractivity contribution in [1.82, 2.24) is 0 Å². The molecule has 3 N–H and O–H groups in total. The summed E-state index contributed by atoms with van der Waals surface area (Å²) in [4.78, 5) is 0. The highest BCUT2D eigenvalue weighted by Gasteiger charge is 2.05. The maximum atomic E-state index is 11.0. The van der Waals surface area contributed by atoms with Crippen molar-refractivity contribution >= 4 is 22.2 Å². The lowest BCUT2D eigenvalue weighted by molar-refractivity contribution is 0.678. The van der Waals surface area contributed by atoms with Crippen LogP contribution in [0.5, 0.6) is 0 Å². The van der Waals surface area contributed by atoms with Gasteiger partial charge in [0, 0.05) is 40.2 Å². The molecule has 0 bridgehead atoms. The lowest BCUT2D eigenvalue weighted by Gasteiger charge is -2.16. The topological polar surface area (TPSA) is 55.1 Å².